The van der Waals surface area contributed by atoms with E-state index in [1.807, 2.05) is 76.7 Å². The Kier molecular flexibility index (Phi) is 6.97. The number of benzene rings is 2. The number of thioether (sulfide) groups is 1. The van der Waals surface area contributed by atoms with Gasteiger partial charge in [-0.1, -0.05) is 36.0 Å². The van der Waals surface area contributed by atoms with E-state index in [0.717, 1.165) is 32.9 Å². The molecule has 0 aliphatic rings. The van der Waals surface area contributed by atoms with Crippen molar-refractivity contribution in [1.82, 2.24) is 20.1 Å². The van der Waals surface area contributed by atoms with E-state index in [2.05, 4.69) is 15.5 Å². The molecule has 0 radical (unpaired) electrons. The Morgan fingerprint density at radius 3 is 2.66 bits per heavy atom. The van der Waals surface area contributed by atoms with Gasteiger partial charge in [-0.25, -0.2) is 0 Å². The number of aromatic nitrogens is 3. The maximum absolute atomic E-state index is 12.9. The van der Waals surface area contributed by atoms with Crippen molar-refractivity contribution in [2.24, 2.45) is 0 Å². The van der Waals surface area contributed by atoms with Crippen molar-refractivity contribution >= 4 is 29.0 Å². The van der Waals surface area contributed by atoms with Crippen LogP contribution in [0.15, 0.2) is 94.0 Å². The fourth-order valence-electron chi connectivity index (χ4n) is 3.58. The molecule has 0 saturated heterocycles. The molecule has 1 amide bonds. The van der Waals surface area contributed by atoms with E-state index in [4.69, 9.17) is 9.15 Å². The van der Waals surface area contributed by atoms with Crippen LogP contribution < -0.4 is 10.1 Å². The smallest absolute Gasteiger partial charge is 0.251 e. The minimum Gasteiger partial charge on any atom is -0.497 e. The van der Waals surface area contributed by atoms with Crippen LogP contribution in [0, 0.1) is 0 Å². The van der Waals surface area contributed by atoms with Crippen LogP contribution >= 0.6 is 23.1 Å². The molecule has 3 aromatic heterocycles. The molecule has 5 rings (SSSR count). The number of methoxy groups -OCH3 is 1. The number of carbonyl (C=O) groups is 1. The molecule has 0 atom stereocenters. The third-order valence-corrected chi connectivity index (χ3v) is 7.17. The van der Waals surface area contributed by atoms with Crippen LogP contribution in [0.4, 0.5) is 0 Å². The number of furan rings is 1. The van der Waals surface area contributed by atoms with E-state index >= 15 is 0 Å². The number of nitrogens with zero attached hydrogens (tertiary/aromatic N) is 3. The van der Waals surface area contributed by atoms with Crippen molar-refractivity contribution in [3.63, 3.8) is 0 Å². The van der Waals surface area contributed by atoms with Crippen LogP contribution in [0.2, 0.25) is 0 Å². The number of rotatable bonds is 9. The fraction of sp³-hybridized carbons (Fsp3) is 0.115. The number of nitrogens with one attached hydrogen (secondary N) is 1. The molecule has 9 heteroatoms. The van der Waals surface area contributed by atoms with E-state index in [0.29, 0.717) is 23.6 Å². The van der Waals surface area contributed by atoms with Crippen LogP contribution in [0.1, 0.15) is 21.7 Å². The third-order valence-electron chi connectivity index (χ3n) is 5.33. The van der Waals surface area contributed by atoms with Crippen LogP contribution in [0.3, 0.4) is 0 Å². The predicted octanol–water partition coefficient (Wildman–Crippen LogP) is 5.82. The summed E-state index contributed by atoms with van der Waals surface area (Å²) in [5.74, 6) is 2.68. The van der Waals surface area contributed by atoms with Crippen molar-refractivity contribution in [2.75, 3.05) is 7.11 Å². The summed E-state index contributed by atoms with van der Waals surface area (Å²) in [7, 11) is 1.65. The minimum atomic E-state index is -0.145. The van der Waals surface area contributed by atoms with Gasteiger partial charge in [0.2, 0.25) is 0 Å². The molecule has 0 spiro atoms. The van der Waals surface area contributed by atoms with E-state index in [9.17, 15) is 4.79 Å². The third kappa shape index (κ3) is 5.16. The predicted molar refractivity (Wildman–Crippen MR) is 137 cm³/mol. The highest BCUT2D eigenvalue weighted by Crippen LogP contribution is 2.32. The van der Waals surface area contributed by atoms with E-state index < -0.39 is 0 Å². The van der Waals surface area contributed by atoms with Crippen LogP contribution in [0.5, 0.6) is 5.75 Å². The molecule has 1 N–H and O–H groups in total. The van der Waals surface area contributed by atoms with Crippen molar-refractivity contribution in [2.45, 2.75) is 17.5 Å². The molecule has 3 heterocycles. The zero-order chi connectivity index (χ0) is 24.0. The van der Waals surface area contributed by atoms with Crippen LogP contribution in [-0.4, -0.2) is 27.8 Å². The Morgan fingerprint density at radius 2 is 1.91 bits per heavy atom. The van der Waals surface area contributed by atoms with Crippen molar-refractivity contribution in [1.29, 1.82) is 0 Å². The molecule has 2 aromatic carbocycles. The summed E-state index contributed by atoms with van der Waals surface area (Å²) in [6.45, 7) is 0.337. The van der Waals surface area contributed by atoms with E-state index in [1.165, 1.54) is 11.8 Å². The molecular formula is C26H22N4O3S2. The maximum Gasteiger partial charge on any atom is 0.251 e. The summed E-state index contributed by atoms with van der Waals surface area (Å²) in [5, 5.41) is 14.7. The number of amides is 1. The van der Waals surface area contributed by atoms with Gasteiger partial charge in [-0.15, -0.1) is 21.5 Å². The fourth-order valence-corrected chi connectivity index (χ4v) is 5.23. The van der Waals surface area contributed by atoms with Gasteiger partial charge in [-0.2, -0.15) is 0 Å². The Bertz CT molecular complexity index is 1400. The first kappa shape index (κ1) is 22.9. The number of thiophene rings is 1. The second-order valence-corrected chi connectivity index (χ2v) is 9.41. The molecule has 0 saturated carbocycles. The Hall–Kier alpha value is -3.82. The molecule has 176 valence electrons. The second-order valence-electron chi connectivity index (χ2n) is 7.52. The molecule has 0 bridgehead atoms. The average Bonchev–Trinajstić information content (AvgIpc) is 3.68. The zero-order valence-corrected chi connectivity index (χ0v) is 20.5. The molecular weight excluding hydrogens is 480 g/mol. The van der Waals surface area contributed by atoms with Gasteiger partial charge in [-0.05, 0) is 59.5 Å². The summed E-state index contributed by atoms with van der Waals surface area (Å²) in [4.78, 5) is 13.9. The van der Waals surface area contributed by atoms with Gasteiger partial charge in [0.1, 0.15) is 11.5 Å². The monoisotopic (exact) mass is 502 g/mol. The van der Waals surface area contributed by atoms with Crippen molar-refractivity contribution in [3.8, 4) is 22.1 Å². The van der Waals surface area contributed by atoms with Gasteiger partial charge < -0.3 is 14.5 Å². The molecule has 7 nitrogen and oxygen atoms in total. The lowest BCUT2D eigenvalue weighted by Gasteiger charge is -2.12. The molecule has 0 fully saturated rings. The standard InChI is InChI=1S/C26H22N4O3S2/c1-32-20-12-10-19(11-13-20)30-24(23-9-5-15-34-23)28-29-26(30)35-17-18-6-2-3-8-22(18)25(31)27-16-21-7-4-14-33-21/h2-15H,16-17H2,1H3,(H,27,31). The van der Waals surface area contributed by atoms with Crippen molar-refractivity contribution in [3.05, 3.63) is 101 Å². The first-order valence-electron chi connectivity index (χ1n) is 10.9. The summed E-state index contributed by atoms with van der Waals surface area (Å²) < 4.78 is 12.7. The Morgan fingerprint density at radius 1 is 1.06 bits per heavy atom. The van der Waals surface area contributed by atoms with Crippen LogP contribution in [0.25, 0.3) is 16.4 Å². The lowest BCUT2D eigenvalue weighted by Crippen LogP contribution is -2.23. The summed E-state index contributed by atoms with van der Waals surface area (Å²) >= 11 is 3.15. The number of hydrogen-bond acceptors (Lipinski definition) is 7. The summed E-state index contributed by atoms with van der Waals surface area (Å²) in [6.07, 6.45) is 1.59. The van der Waals surface area contributed by atoms with Crippen LogP contribution in [-0.2, 0) is 12.3 Å². The highest BCUT2D eigenvalue weighted by Gasteiger charge is 2.18. The van der Waals surface area contributed by atoms with E-state index in [1.54, 1.807) is 30.8 Å². The zero-order valence-electron chi connectivity index (χ0n) is 18.9. The van der Waals surface area contributed by atoms with Gasteiger partial charge in [-0.3, -0.25) is 9.36 Å². The highest BCUT2D eigenvalue weighted by atomic mass is 32.2. The Labute approximate surface area is 210 Å². The second kappa shape index (κ2) is 10.6. The lowest BCUT2D eigenvalue weighted by molar-refractivity contribution is 0.0947. The first-order valence-corrected chi connectivity index (χ1v) is 12.7. The number of hydrogen-bond donors (Lipinski definition) is 1. The number of carbonyl (C=O) groups excluding carboxylic acids is 1. The number of ether oxygens (including phenoxy) is 1. The highest BCUT2D eigenvalue weighted by molar-refractivity contribution is 7.98. The molecule has 35 heavy (non-hydrogen) atoms. The first-order chi connectivity index (χ1) is 17.2. The lowest BCUT2D eigenvalue weighted by atomic mass is 10.1. The summed E-state index contributed by atoms with van der Waals surface area (Å²) in [5.41, 5.74) is 2.48. The van der Waals surface area contributed by atoms with E-state index in [-0.39, 0.29) is 5.91 Å². The van der Waals surface area contributed by atoms with Gasteiger partial charge in [0.05, 0.1) is 30.5 Å². The quantitative estimate of drug-likeness (QED) is 0.256. The maximum atomic E-state index is 12.9. The largest absolute Gasteiger partial charge is 0.497 e. The normalized spacial score (nSPS) is 10.9. The average molecular weight is 503 g/mol. The van der Waals surface area contributed by atoms with Crippen molar-refractivity contribution < 1.29 is 13.9 Å². The SMILES string of the molecule is COc1ccc(-n2c(SCc3ccccc3C(=O)NCc3ccco3)nnc2-c2cccs2)cc1. The minimum absolute atomic E-state index is 0.145. The molecule has 0 aliphatic heterocycles. The molecule has 5 aromatic rings. The Balaban J connectivity index is 1.40. The topological polar surface area (TPSA) is 82.2 Å². The van der Waals surface area contributed by atoms with Gasteiger partial charge in [0.25, 0.3) is 5.91 Å². The molecule has 0 unspecified atom stereocenters. The summed E-state index contributed by atoms with van der Waals surface area (Å²) in [6, 6.07) is 23.1. The van der Waals surface area contributed by atoms with Gasteiger partial charge in [0, 0.05) is 11.3 Å². The van der Waals surface area contributed by atoms with Gasteiger partial charge >= 0.3 is 0 Å². The van der Waals surface area contributed by atoms with Gasteiger partial charge in [0.15, 0.2) is 11.0 Å². The molecule has 0 aliphatic carbocycles.